The zero-order chi connectivity index (χ0) is 29.8. The lowest BCUT2D eigenvalue weighted by atomic mass is 10.2. The molecular weight excluding hydrogens is 510 g/mol. The van der Waals surface area contributed by atoms with Crippen molar-refractivity contribution in [2.45, 2.75) is 112 Å². The molecule has 1 fully saturated rings. The molecule has 8 heteroatoms. The molecule has 0 spiro atoms. The van der Waals surface area contributed by atoms with Gasteiger partial charge in [0.15, 0.2) is 0 Å². The maximum atomic E-state index is 12.2. The summed E-state index contributed by atoms with van der Waals surface area (Å²) in [6, 6.07) is 11.5. The van der Waals surface area contributed by atoms with E-state index in [4.69, 9.17) is 4.18 Å². The van der Waals surface area contributed by atoms with Crippen LogP contribution in [-0.2, 0) is 14.9 Å². The van der Waals surface area contributed by atoms with Crippen LogP contribution in [0.2, 0.25) is 0 Å². The van der Waals surface area contributed by atoms with Crippen molar-refractivity contribution in [3.63, 3.8) is 0 Å². The molecule has 1 saturated carbocycles. The van der Waals surface area contributed by atoms with Gasteiger partial charge in [0.05, 0.1) is 11.0 Å². The number of aromatic nitrogens is 2. The highest BCUT2D eigenvalue weighted by molar-refractivity contribution is 7.87. The third kappa shape index (κ3) is 16.6. The first-order chi connectivity index (χ1) is 18.4. The number of carbonyl (C=O) groups is 1. The van der Waals surface area contributed by atoms with Gasteiger partial charge in [-0.1, -0.05) is 104 Å². The minimum Gasteiger partial charge on any atom is -0.379 e. The first kappa shape index (κ1) is 36.1. The van der Waals surface area contributed by atoms with Gasteiger partial charge in [0.2, 0.25) is 5.91 Å². The molecule has 1 aliphatic carbocycles. The second-order valence-electron chi connectivity index (χ2n) is 9.85. The molecule has 1 aliphatic rings. The summed E-state index contributed by atoms with van der Waals surface area (Å²) in [6.07, 6.45) is 11.2. The van der Waals surface area contributed by atoms with Crippen LogP contribution in [0.15, 0.2) is 47.4 Å². The molecule has 39 heavy (non-hydrogen) atoms. The number of benzene rings is 2. The van der Waals surface area contributed by atoms with Crippen LogP contribution in [0.1, 0.15) is 104 Å². The highest BCUT2D eigenvalue weighted by atomic mass is 32.2. The number of nitrogens with two attached hydrogens (primary N) is 1. The topological polar surface area (TPSA) is 115 Å². The van der Waals surface area contributed by atoms with E-state index in [0.29, 0.717) is 0 Å². The van der Waals surface area contributed by atoms with E-state index < -0.39 is 10.1 Å². The van der Waals surface area contributed by atoms with Crippen molar-refractivity contribution in [3.05, 3.63) is 53.9 Å². The Bertz CT molecular complexity index is 1150. The largest absolute Gasteiger partial charge is 0.379 e. The van der Waals surface area contributed by atoms with Gasteiger partial charge in [0.25, 0.3) is 0 Å². The summed E-state index contributed by atoms with van der Waals surface area (Å²) in [5.41, 5.74) is 6.97. The summed E-state index contributed by atoms with van der Waals surface area (Å²) in [4.78, 5) is 16.7. The number of aryl methyl sites for hydroxylation is 2. The Labute approximate surface area is 237 Å². The molecule has 0 bridgehead atoms. The molecule has 1 amide bonds. The van der Waals surface area contributed by atoms with Gasteiger partial charge in [0, 0.05) is 13.0 Å². The summed E-state index contributed by atoms with van der Waals surface area (Å²) in [5.74, 6) is 1.74. The molecule has 3 aromatic rings. The molecule has 4 rings (SSSR count). The van der Waals surface area contributed by atoms with Crippen LogP contribution in [0.25, 0.3) is 11.0 Å². The van der Waals surface area contributed by atoms with E-state index in [9.17, 15) is 13.2 Å². The van der Waals surface area contributed by atoms with Crippen molar-refractivity contribution in [2.75, 3.05) is 0 Å². The van der Waals surface area contributed by atoms with Crippen LogP contribution >= 0.6 is 0 Å². The van der Waals surface area contributed by atoms with Gasteiger partial charge in [-0.15, -0.1) is 0 Å². The lowest BCUT2D eigenvalue weighted by Gasteiger charge is -2.07. The van der Waals surface area contributed by atoms with Crippen LogP contribution in [0.5, 0.6) is 5.75 Å². The van der Waals surface area contributed by atoms with Gasteiger partial charge < -0.3 is 14.9 Å². The third-order valence-corrected chi connectivity index (χ3v) is 6.99. The van der Waals surface area contributed by atoms with E-state index in [2.05, 4.69) is 50.3 Å². The Balaban J connectivity index is 0.000000652. The fraction of sp³-hybridized carbons (Fsp3) is 0.548. The number of nitrogens with one attached hydrogen (secondary N) is 1. The van der Waals surface area contributed by atoms with Crippen LogP contribution in [0, 0.1) is 19.8 Å². The number of imidazole rings is 1. The fourth-order valence-corrected chi connectivity index (χ4v) is 4.10. The van der Waals surface area contributed by atoms with Crippen LogP contribution in [0.3, 0.4) is 0 Å². The van der Waals surface area contributed by atoms with Gasteiger partial charge in [-0.3, -0.25) is 4.79 Å². The molecule has 0 unspecified atom stereocenters. The first-order valence-electron chi connectivity index (χ1n) is 14.1. The monoisotopic (exact) mass is 561 g/mol. The van der Waals surface area contributed by atoms with E-state index in [1.165, 1.54) is 70.4 Å². The highest BCUT2D eigenvalue weighted by Gasteiger charge is 2.16. The average molecular weight is 562 g/mol. The third-order valence-electron chi connectivity index (χ3n) is 5.73. The molecule has 7 nitrogen and oxygen atoms in total. The number of nitrogens with zero attached hydrogens (tertiary/aromatic N) is 1. The Kier molecular flexibility index (Phi) is 18.6. The zero-order valence-corrected chi connectivity index (χ0v) is 26.2. The summed E-state index contributed by atoms with van der Waals surface area (Å²) in [6.45, 7) is 16.1. The molecular formula is C31H51N3O4S. The quantitative estimate of drug-likeness (QED) is 0.304. The van der Waals surface area contributed by atoms with Gasteiger partial charge >= 0.3 is 10.1 Å². The first-order valence-corrected chi connectivity index (χ1v) is 15.5. The van der Waals surface area contributed by atoms with Gasteiger partial charge in [-0.25, -0.2) is 4.98 Å². The maximum absolute atomic E-state index is 12.2. The van der Waals surface area contributed by atoms with Crippen molar-refractivity contribution in [3.8, 4) is 5.75 Å². The molecule has 0 radical (unpaired) electrons. The van der Waals surface area contributed by atoms with Gasteiger partial charge in [-0.05, 0) is 44.0 Å². The SMILES string of the molecule is CC(N)=O.CC1CCCC1.CCCC.CCCC.Cc1ccc(S(=O)(=O)Oc2ccc3nc(C)[nH]c3c2)cc1. The van der Waals surface area contributed by atoms with Gasteiger partial charge in [0.1, 0.15) is 16.5 Å². The molecule has 0 aliphatic heterocycles. The van der Waals surface area contributed by atoms with Crippen molar-refractivity contribution >= 4 is 27.1 Å². The van der Waals surface area contributed by atoms with E-state index in [1.54, 1.807) is 30.3 Å². The molecule has 1 heterocycles. The summed E-state index contributed by atoms with van der Waals surface area (Å²) < 4.78 is 29.6. The lowest BCUT2D eigenvalue weighted by Crippen LogP contribution is -2.09. The molecule has 0 saturated heterocycles. The summed E-state index contributed by atoms with van der Waals surface area (Å²) >= 11 is 0. The Hall–Kier alpha value is -2.87. The van der Waals surface area contributed by atoms with Crippen LogP contribution < -0.4 is 9.92 Å². The normalized spacial score (nSPS) is 12.4. The molecule has 1 aromatic heterocycles. The predicted molar refractivity (Wildman–Crippen MR) is 163 cm³/mol. The number of amides is 1. The van der Waals surface area contributed by atoms with E-state index in [-0.39, 0.29) is 16.6 Å². The Morgan fingerprint density at radius 1 is 0.949 bits per heavy atom. The molecule has 220 valence electrons. The number of aromatic amines is 1. The van der Waals surface area contributed by atoms with E-state index in [1.807, 2.05) is 13.8 Å². The fourth-order valence-electron chi connectivity index (χ4n) is 3.18. The van der Waals surface area contributed by atoms with E-state index >= 15 is 0 Å². The zero-order valence-electron chi connectivity index (χ0n) is 25.3. The number of H-pyrrole nitrogens is 1. The number of primary amides is 1. The number of rotatable bonds is 5. The highest BCUT2D eigenvalue weighted by Crippen LogP contribution is 2.24. The predicted octanol–water partition coefficient (Wildman–Crippen LogP) is 8.25. The average Bonchev–Trinajstić information content (AvgIpc) is 3.51. The summed E-state index contributed by atoms with van der Waals surface area (Å²) in [7, 11) is -3.83. The maximum Gasteiger partial charge on any atom is 0.339 e. The second kappa shape index (κ2) is 20.1. The Morgan fingerprint density at radius 3 is 1.85 bits per heavy atom. The smallest absolute Gasteiger partial charge is 0.339 e. The molecule has 0 atom stereocenters. The van der Waals surface area contributed by atoms with E-state index in [0.717, 1.165) is 28.3 Å². The van der Waals surface area contributed by atoms with Crippen molar-refractivity contribution in [1.29, 1.82) is 0 Å². The molecule has 3 N–H and O–H groups in total. The Morgan fingerprint density at radius 2 is 1.44 bits per heavy atom. The van der Waals surface area contributed by atoms with Crippen LogP contribution in [-0.4, -0.2) is 24.3 Å². The number of carbonyl (C=O) groups excluding carboxylic acids is 1. The van der Waals surface area contributed by atoms with Crippen LogP contribution in [0.4, 0.5) is 0 Å². The number of hydrogen-bond donors (Lipinski definition) is 2. The summed E-state index contributed by atoms with van der Waals surface area (Å²) in [5, 5.41) is 0. The second-order valence-corrected chi connectivity index (χ2v) is 11.4. The van der Waals surface area contributed by atoms with Crippen molar-refractivity contribution in [2.24, 2.45) is 11.7 Å². The number of fused-ring (bicyclic) bond motifs is 1. The van der Waals surface area contributed by atoms with Crippen molar-refractivity contribution < 1.29 is 17.4 Å². The molecule has 2 aromatic carbocycles. The number of unbranched alkanes of at least 4 members (excludes halogenated alkanes) is 2. The minimum absolute atomic E-state index is 0.133. The standard InChI is InChI=1S/C15H14N2O3S.C6H12.2C4H10.C2H5NO/c1-10-3-6-13(7-4-10)21(18,19)20-12-5-8-14-15(9-12)17-11(2)16-14;1-6-4-2-3-5-6;2*1-3-4-2;1-2(3)4/h3-9H,1-2H3,(H,16,17);6H,2-5H2,1H3;2*3-4H2,1-2H3;1H3,(H2,3,4). The minimum atomic E-state index is -3.83. The number of hydrogen-bond acceptors (Lipinski definition) is 5. The van der Waals surface area contributed by atoms with Gasteiger partial charge in [-0.2, -0.15) is 8.42 Å². The van der Waals surface area contributed by atoms with Crippen molar-refractivity contribution in [1.82, 2.24) is 9.97 Å². The lowest BCUT2D eigenvalue weighted by molar-refractivity contribution is -0.115.